The number of hydrogen-bond donors (Lipinski definition) is 0. The van der Waals surface area contributed by atoms with Crippen LogP contribution in [0.4, 0.5) is 8.78 Å². The highest BCUT2D eigenvalue weighted by Crippen LogP contribution is 2.38. The van der Waals surface area contributed by atoms with Crippen molar-refractivity contribution in [1.29, 1.82) is 0 Å². The van der Waals surface area contributed by atoms with Gasteiger partial charge in [0.15, 0.2) is 6.61 Å². The Kier molecular flexibility index (Phi) is 5.38. The van der Waals surface area contributed by atoms with Crippen LogP contribution in [0.1, 0.15) is 51.0 Å². The summed E-state index contributed by atoms with van der Waals surface area (Å²) in [5.74, 6) is -4.73. The summed E-state index contributed by atoms with van der Waals surface area (Å²) in [6.45, 7) is 3.30. The molecule has 3 rings (SSSR count). The van der Waals surface area contributed by atoms with Gasteiger partial charge in [-0.25, -0.2) is 13.2 Å². The maximum Gasteiger partial charge on any atom is 0.341 e. The van der Waals surface area contributed by atoms with Crippen LogP contribution in [0.3, 0.4) is 0 Å². The van der Waals surface area contributed by atoms with Crippen LogP contribution in [-0.2, 0) is 14.6 Å². The van der Waals surface area contributed by atoms with Gasteiger partial charge in [-0.05, 0) is 57.0 Å². The largest absolute Gasteiger partial charge is 0.454 e. The van der Waals surface area contributed by atoms with Crippen molar-refractivity contribution in [2.24, 2.45) is 0 Å². The molecule has 1 saturated carbocycles. The van der Waals surface area contributed by atoms with E-state index in [4.69, 9.17) is 4.74 Å². The normalized spacial score (nSPS) is 14.3. The highest BCUT2D eigenvalue weighted by atomic mass is 32.2. The number of benzene rings is 1. The van der Waals surface area contributed by atoms with Crippen LogP contribution < -0.4 is 0 Å². The first-order valence-electron chi connectivity index (χ1n) is 8.63. The van der Waals surface area contributed by atoms with Gasteiger partial charge in [0.1, 0.15) is 0 Å². The van der Waals surface area contributed by atoms with E-state index in [1.54, 1.807) is 6.07 Å². The Hall–Kier alpha value is -2.55. The van der Waals surface area contributed by atoms with Crippen molar-refractivity contribution in [2.45, 2.75) is 43.4 Å². The Morgan fingerprint density at radius 1 is 1.18 bits per heavy atom. The van der Waals surface area contributed by atoms with Crippen LogP contribution in [0.5, 0.6) is 0 Å². The molecule has 0 aliphatic heterocycles. The maximum absolute atomic E-state index is 12.5. The number of carbonyl (C=O) groups is 2. The molecule has 1 fully saturated rings. The van der Waals surface area contributed by atoms with Gasteiger partial charge in [0.25, 0.3) is 0 Å². The van der Waals surface area contributed by atoms with Crippen LogP contribution in [0.15, 0.2) is 35.2 Å². The third-order valence-corrected chi connectivity index (χ3v) is 6.08. The monoisotopic (exact) mass is 411 g/mol. The minimum absolute atomic E-state index is 0.0375. The zero-order valence-electron chi connectivity index (χ0n) is 15.3. The molecule has 0 unspecified atom stereocenters. The summed E-state index contributed by atoms with van der Waals surface area (Å²) in [4.78, 5) is 23.9. The predicted octanol–water partition coefficient (Wildman–Crippen LogP) is 3.48. The number of halogens is 2. The first-order chi connectivity index (χ1) is 13.1. The molecule has 9 heteroatoms. The number of sulfone groups is 1. The first kappa shape index (κ1) is 20.2. The van der Waals surface area contributed by atoms with E-state index in [0.717, 1.165) is 48.5 Å². The number of ketones is 1. The number of aryl methyl sites for hydroxylation is 1. The van der Waals surface area contributed by atoms with E-state index in [0.29, 0.717) is 11.6 Å². The molecule has 1 aromatic heterocycles. The van der Waals surface area contributed by atoms with Crippen LogP contribution in [-0.4, -0.2) is 37.1 Å². The molecular formula is C19H19F2NO5S. The standard InChI is InChI=1S/C19H19F2NO5S/c1-11-9-16(12(2)22(11)14-5-6-14)17(23)10-27-18(24)13-3-7-15(8-4-13)28(25,26)19(20)21/h3-4,7-9,14,19H,5-6,10H2,1-2H3. The molecule has 2 aromatic rings. The average Bonchev–Trinajstić information content (AvgIpc) is 3.44. The molecule has 150 valence electrons. The van der Waals surface area contributed by atoms with E-state index in [9.17, 15) is 26.8 Å². The first-order valence-corrected chi connectivity index (χ1v) is 10.2. The topological polar surface area (TPSA) is 82.4 Å². The molecule has 1 heterocycles. The molecule has 6 nitrogen and oxygen atoms in total. The molecule has 1 aliphatic carbocycles. The fourth-order valence-electron chi connectivity index (χ4n) is 3.13. The zero-order chi connectivity index (χ0) is 20.6. The minimum Gasteiger partial charge on any atom is -0.454 e. The van der Waals surface area contributed by atoms with Gasteiger partial charge in [0, 0.05) is 23.0 Å². The maximum atomic E-state index is 12.5. The number of aromatic nitrogens is 1. The van der Waals surface area contributed by atoms with E-state index in [1.807, 2.05) is 13.8 Å². The summed E-state index contributed by atoms with van der Waals surface area (Å²) < 4.78 is 54.9. The summed E-state index contributed by atoms with van der Waals surface area (Å²) in [6, 6.07) is 6.15. The summed E-state index contributed by atoms with van der Waals surface area (Å²) >= 11 is 0. The summed E-state index contributed by atoms with van der Waals surface area (Å²) in [5.41, 5.74) is 2.27. The summed E-state index contributed by atoms with van der Waals surface area (Å²) in [5, 5.41) is 0. The van der Waals surface area contributed by atoms with Gasteiger partial charge < -0.3 is 9.30 Å². The zero-order valence-corrected chi connectivity index (χ0v) is 16.1. The van der Waals surface area contributed by atoms with Crippen molar-refractivity contribution in [3.63, 3.8) is 0 Å². The smallest absolute Gasteiger partial charge is 0.341 e. The van der Waals surface area contributed by atoms with E-state index in [-0.39, 0.29) is 11.3 Å². The van der Waals surface area contributed by atoms with Gasteiger partial charge in [-0.3, -0.25) is 4.79 Å². The number of carbonyl (C=O) groups excluding carboxylic acids is 2. The van der Waals surface area contributed by atoms with Crippen LogP contribution in [0, 0.1) is 13.8 Å². The predicted molar refractivity (Wildman–Crippen MR) is 96.4 cm³/mol. The molecule has 0 saturated heterocycles. The second kappa shape index (κ2) is 7.46. The highest BCUT2D eigenvalue weighted by molar-refractivity contribution is 7.91. The number of alkyl halides is 2. The molecule has 0 amide bonds. The third-order valence-electron chi connectivity index (χ3n) is 4.68. The van der Waals surface area contributed by atoms with E-state index < -0.39 is 33.1 Å². The third kappa shape index (κ3) is 3.84. The number of hydrogen-bond acceptors (Lipinski definition) is 5. The lowest BCUT2D eigenvalue weighted by Crippen LogP contribution is -2.15. The minimum atomic E-state index is -4.73. The van der Waals surface area contributed by atoms with Crippen LogP contribution >= 0.6 is 0 Å². The van der Waals surface area contributed by atoms with Crippen molar-refractivity contribution in [3.8, 4) is 0 Å². The van der Waals surface area contributed by atoms with Gasteiger partial charge in [-0.1, -0.05) is 0 Å². The molecule has 1 aliphatic rings. The van der Waals surface area contributed by atoms with E-state index >= 15 is 0 Å². The number of rotatable bonds is 7. The average molecular weight is 411 g/mol. The Morgan fingerprint density at radius 2 is 1.79 bits per heavy atom. The van der Waals surface area contributed by atoms with Gasteiger partial charge >= 0.3 is 11.7 Å². The van der Waals surface area contributed by atoms with Gasteiger partial charge in [-0.15, -0.1) is 0 Å². The highest BCUT2D eigenvalue weighted by Gasteiger charge is 2.29. The van der Waals surface area contributed by atoms with E-state index in [1.165, 1.54) is 0 Å². The Morgan fingerprint density at radius 3 is 2.32 bits per heavy atom. The second-order valence-electron chi connectivity index (χ2n) is 6.72. The lowest BCUT2D eigenvalue weighted by molar-refractivity contribution is 0.0474. The van der Waals surface area contributed by atoms with Crippen molar-refractivity contribution in [3.05, 3.63) is 52.8 Å². The van der Waals surface area contributed by atoms with Crippen LogP contribution in [0.2, 0.25) is 0 Å². The molecule has 0 spiro atoms. The Labute approximate surface area is 161 Å². The fourth-order valence-corrected chi connectivity index (χ4v) is 3.85. The van der Waals surface area contributed by atoms with Gasteiger partial charge in [-0.2, -0.15) is 8.78 Å². The fraction of sp³-hybridized carbons (Fsp3) is 0.368. The molecule has 0 bridgehead atoms. The Balaban J connectivity index is 1.66. The van der Waals surface area contributed by atoms with Crippen molar-refractivity contribution >= 4 is 21.6 Å². The number of ether oxygens (including phenoxy) is 1. The van der Waals surface area contributed by atoms with Crippen LogP contribution in [0.25, 0.3) is 0 Å². The van der Waals surface area contributed by atoms with Gasteiger partial charge in [0.05, 0.1) is 10.5 Å². The molecule has 1 aromatic carbocycles. The molecule has 28 heavy (non-hydrogen) atoms. The molecule has 0 radical (unpaired) electrons. The summed E-state index contributed by atoms with van der Waals surface area (Å²) in [7, 11) is -4.73. The Bertz CT molecular complexity index is 1020. The number of Topliss-reactive ketones (excluding diaryl/α,β-unsaturated/α-hetero) is 1. The van der Waals surface area contributed by atoms with Crippen molar-refractivity contribution < 1.29 is 31.5 Å². The number of esters is 1. The lowest BCUT2D eigenvalue weighted by Gasteiger charge is -2.08. The molecule has 0 N–H and O–H groups in total. The SMILES string of the molecule is Cc1cc(C(=O)COC(=O)c2ccc(S(=O)(=O)C(F)F)cc2)c(C)n1C1CC1. The van der Waals surface area contributed by atoms with Gasteiger partial charge in [0.2, 0.25) is 15.6 Å². The quantitative estimate of drug-likeness (QED) is 0.515. The summed E-state index contributed by atoms with van der Waals surface area (Å²) in [6.07, 6.45) is 2.16. The van der Waals surface area contributed by atoms with Crippen molar-refractivity contribution in [2.75, 3.05) is 6.61 Å². The second-order valence-corrected chi connectivity index (χ2v) is 8.63. The molecular weight excluding hydrogens is 392 g/mol. The number of nitrogens with zero attached hydrogens (tertiary/aromatic N) is 1. The van der Waals surface area contributed by atoms with E-state index in [2.05, 4.69) is 4.57 Å². The van der Waals surface area contributed by atoms with Crippen molar-refractivity contribution in [1.82, 2.24) is 4.57 Å². The lowest BCUT2D eigenvalue weighted by atomic mass is 10.1. The molecule has 0 atom stereocenters.